The summed E-state index contributed by atoms with van der Waals surface area (Å²) >= 11 is 0. The molecule has 3 amide bonds. The Morgan fingerprint density at radius 3 is 2.00 bits per heavy atom. The zero-order chi connectivity index (χ0) is 22.0. The Morgan fingerprint density at radius 2 is 1.42 bits per heavy atom. The number of nitrogens with zero attached hydrogens (tertiary/aromatic N) is 2. The average Bonchev–Trinajstić information content (AvgIpc) is 3.07. The van der Waals surface area contributed by atoms with E-state index < -0.39 is 11.8 Å². The number of carbonyl (C=O) groups is 3. The highest BCUT2D eigenvalue weighted by atomic mass is 16.5. The van der Waals surface area contributed by atoms with E-state index in [1.165, 1.54) is 12.0 Å². The molecule has 0 bridgehead atoms. The fourth-order valence-corrected chi connectivity index (χ4v) is 3.44. The molecule has 0 aliphatic carbocycles. The van der Waals surface area contributed by atoms with Gasteiger partial charge in [-0.1, -0.05) is 18.2 Å². The highest BCUT2D eigenvalue weighted by Gasteiger charge is 2.37. The van der Waals surface area contributed by atoms with Crippen molar-refractivity contribution in [2.45, 2.75) is 0 Å². The van der Waals surface area contributed by atoms with Crippen molar-refractivity contribution >= 4 is 23.4 Å². The van der Waals surface area contributed by atoms with E-state index in [1.807, 2.05) is 0 Å². The van der Waals surface area contributed by atoms with Crippen molar-refractivity contribution in [3.8, 4) is 11.5 Å². The number of anilines is 1. The average molecular weight is 416 g/mol. The van der Waals surface area contributed by atoms with Gasteiger partial charge in [0.1, 0.15) is 18.2 Å². The summed E-state index contributed by atoms with van der Waals surface area (Å²) in [6, 6.07) is 20.2. The van der Waals surface area contributed by atoms with Crippen LogP contribution in [0.1, 0.15) is 31.1 Å². The molecule has 0 spiro atoms. The Morgan fingerprint density at radius 1 is 0.806 bits per heavy atom. The van der Waals surface area contributed by atoms with Crippen LogP contribution in [0.2, 0.25) is 0 Å². The topological polar surface area (TPSA) is 76.2 Å². The predicted octanol–water partition coefficient (Wildman–Crippen LogP) is 3.60. The zero-order valence-electron chi connectivity index (χ0n) is 17.1. The third-order valence-corrected chi connectivity index (χ3v) is 5.11. The SMILES string of the molecule is COc1ccc(C(=O)N(CN2C(=O)c3ccccc3C2=O)c2cccc(OC)c2)cc1. The van der Waals surface area contributed by atoms with Crippen LogP contribution in [0.15, 0.2) is 72.8 Å². The van der Waals surface area contributed by atoms with Crippen LogP contribution in [0.3, 0.4) is 0 Å². The zero-order valence-corrected chi connectivity index (χ0v) is 17.1. The number of hydrogen-bond donors (Lipinski definition) is 0. The van der Waals surface area contributed by atoms with Crippen molar-refractivity contribution in [2.75, 3.05) is 25.8 Å². The van der Waals surface area contributed by atoms with E-state index in [4.69, 9.17) is 9.47 Å². The van der Waals surface area contributed by atoms with E-state index in [2.05, 4.69) is 0 Å². The Kier molecular flexibility index (Phi) is 5.41. The third-order valence-electron chi connectivity index (χ3n) is 5.11. The standard InChI is InChI=1S/C24H20N2O5/c1-30-18-12-10-16(11-13-18)22(27)25(17-6-5-7-19(14-17)31-2)15-26-23(28)20-8-3-4-9-21(20)24(26)29/h3-14H,15H2,1-2H3. The molecule has 0 unspecified atom stereocenters. The first-order chi connectivity index (χ1) is 15.0. The monoisotopic (exact) mass is 416 g/mol. The molecule has 0 N–H and O–H groups in total. The molecule has 4 rings (SSSR count). The Hall–Kier alpha value is -4.13. The quantitative estimate of drug-likeness (QED) is 0.574. The van der Waals surface area contributed by atoms with Gasteiger partial charge in [-0.05, 0) is 48.5 Å². The molecule has 7 heteroatoms. The lowest BCUT2D eigenvalue weighted by Crippen LogP contribution is -2.44. The van der Waals surface area contributed by atoms with Crippen molar-refractivity contribution in [3.63, 3.8) is 0 Å². The molecule has 1 aliphatic rings. The lowest BCUT2D eigenvalue weighted by Gasteiger charge is -2.27. The number of carbonyl (C=O) groups excluding carboxylic acids is 3. The lowest BCUT2D eigenvalue weighted by atomic mass is 10.1. The van der Waals surface area contributed by atoms with E-state index in [0.717, 1.165) is 4.90 Å². The number of rotatable bonds is 6. The summed E-state index contributed by atoms with van der Waals surface area (Å²) in [4.78, 5) is 41.6. The van der Waals surface area contributed by atoms with E-state index in [1.54, 1.807) is 79.9 Å². The minimum Gasteiger partial charge on any atom is -0.497 e. The Labute approximate surface area is 179 Å². The maximum absolute atomic E-state index is 13.4. The Balaban J connectivity index is 1.71. The highest BCUT2D eigenvalue weighted by Crippen LogP contribution is 2.27. The second-order valence-corrected chi connectivity index (χ2v) is 6.89. The van der Waals surface area contributed by atoms with Crippen LogP contribution in [-0.2, 0) is 0 Å². The molecule has 1 aliphatic heterocycles. The molecule has 1 heterocycles. The minimum atomic E-state index is -0.434. The molecular formula is C24H20N2O5. The van der Waals surface area contributed by atoms with Gasteiger partial charge in [0.15, 0.2) is 0 Å². The summed E-state index contributed by atoms with van der Waals surface area (Å²) < 4.78 is 10.4. The molecule has 0 aromatic heterocycles. The first kappa shape index (κ1) is 20.2. The number of benzene rings is 3. The second kappa shape index (κ2) is 8.31. The van der Waals surface area contributed by atoms with Crippen molar-refractivity contribution in [1.29, 1.82) is 0 Å². The van der Waals surface area contributed by atoms with Gasteiger partial charge in [0, 0.05) is 17.3 Å². The molecule has 0 fully saturated rings. The molecular weight excluding hydrogens is 396 g/mol. The molecule has 0 saturated carbocycles. The van der Waals surface area contributed by atoms with Gasteiger partial charge in [-0.15, -0.1) is 0 Å². The summed E-state index contributed by atoms with van der Waals surface area (Å²) in [6.07, 6.45) is 0. The van der Waals surface area contributed by atoms with Crippen LogP contribution in [0.5, 0.6) is 11.5 Å². The van der Waals surface area contributed by atoms with Gasteiger partial charge in [0.2, 0.25) is 0 Å². The summed E-state index contributed by atoms with van der Waals surface area (Å²) in [5, 5.41) is 0. The van der Waals surface area contributed by atoms with Gasteiger partial charge in [-0.3, -0.25) is 24.2 Å². The molecule has 156 valence electrons. The van der Waals surface area contributed by atoms with Crippen LogP contribution in [-0.4, -0.2) is 43.5 Å². The predicted molar refractivity (Wildman–Crippen MR) is 115 cm³/mol. The minimum absolute atomic E-state index is 0.232. The molecule has 0 radical (unpaired) electrons. The smallest absolute Gasteiger partial charge is 0.263 e. The van der Waals surface area contributed by atoms with Crippen molar-refractivity contribution in [2.24, 2.45) is 0 Å². The van der Waals surface area contributed by atoms with E-state index in [9.17, 15) is 14.4 Å². The molecule has 31 heavy (non-hydrogen) atoms. The van der Waals surface area contributed by atoms with Crippen LogP contribution < -0.4 is 14.4 Å². The van der Waals surface area contributed by atoms with E-state index in [-0.39, 0.29) is 12.6 Å². The maximum atomic E-state index is 13.4. The van der Waals surface area contributed by atoms with Crippen molar-refractivity contribution in [3.05, 3.63) is 89.5 Å². The molecule has 3 aromatic carbocycles. The number of fused-ring (bicyclic) bond motifs is 1. The summed E-state index contributed by atoms with van der Waals surface area (Å²) in [5.74, 6) is -0.0725. The van der Waals surface area contributed by atoms with Gasteiger partial charge in [-0.2, -0.15) is 0 Å². The largest absolute Gasteiger partial charge is 0.497 e. The van der Waals surface area contributed by atoms with Gasteiger partial charge in [0.25, 0.3) is 17.7 Å². The normalized spacial score (nSPS) is 12.5. The van der Waals surface area contributed by atoms with Crippen molar-refractivity contribution in [1.82, 2.24) is 4.90 Å². The van der Waals surface area contributed by atoms with Crippen LogP contribution in [0.4, 0.5) is 5.69 Å². The second-order valence-electron chi connectivity index (χ2n) is 6.89. The molecule has 0 saturated heterocycles. The number of ether oxygens (including phenoxy) is 2. The maximum Gasteiger partial charge on any atom is 0.263 e. The fourth-order valence-electron chi connectivity index (χ4n) is 3.44. The van der Waals surface area contributed by atoms with E-state index in [0.29, 0.717) is 33.9 Å². The summed E-state index contributed by atoms with van der Waals surface area (Å²) in [7, 11) is 3.07. The summed E-state index contributed by atoms with van der Waals surface area (Å²) in [6.45, 7) is -0.232. The molecule has 3 aromatic rings. The van der Waals surface area contributed by atoms with Crippen LogP contribution >= 0.6 is 0 Å². The van der Waals surface area contributed by atoms with Gasteiger partial charge in [-0.25, -0.2) is 0 Å². The fraction of sp³-hybridized carbons (Fsp3) is 0.125. The van der Waals surface area contributed by atoms with Gasteiger partial charge >= 0.3 is 0 Å². The van der Waals surface area contributed by atoms with Gasteiger partial charge in [0.05, 0.1) is 25.3 Å². The molecule has 0 atom stereocenters. The Bertz CT molecular complexity index is 1120. The van der Waals surface area contributed by atoms with E-state index >= 15 is 0 Å². The number of imide groups is 1. The first-order valence-electron chi connectivity index (χ1n) is 9.58. The number of amides is 3. The van der Waals surface area contributed by atoms with Gasteiger partial charge < -0.3 is 9.47 Å². The number of hydrogen-bond acceptors (Lipinski definition) is 5. The lowest BCUT2D eigenvalue weighted by molar-refractivity contribution is 0.0650. The van der Waals surface area contributed by atoms with Crippen molar-refractivity contribution < 1.29 is 23.9 Å². The third kappa shape index (κ3) is 3.73. The molecule has 7 nitrogen and oxygen atoms in total. The van der Waals surface area contributed by atoms with Crippen LogP contribution in [0, 0.1) is 0 Å². The summed E-state index contributed by atoms with van der Waals surface area (Å²) in [5.41, 5.74) is 1.54. The first-order valence-corrected chi connectivity index (χ1v) is 9.58. The highest BCUT2D eigenvalue weighted by molar-refractivity contribution is 6.22. The number of methoxy groups -OCH3 is 2. The van der Waals surface area contributed by atoms with Crippen LogP contribution in [0.25, 0.3) is 0 Å².